The minimum absolute atomic E-state index is 0.238. The number of benzene rings is 2. The standard InChI is InChI=1S/C17H17BrClNO3/c1-3-23-16-14(18)8-13(19)9-15(16)20-17(21)12-6-4-5-11(7-12)10-22-2/h4-9H,3,10H2,1-2H3,(H,20,21). The van der Waals surface area contributed by atoms with Crippen molar-refractivity contribution in [2.24, 2.45) is 0 Å². The van der Waals surface area contributed by atoms with Crippen LogP contribution < -0.4 is 10.1 Å². The van der Waals surface area contributed by atoms with Crippen molar-refractivity contribution in [3.63, 3.8) is 0 Å². The van der Waals surface area contributed by atoms with Gasteiger partial charge in [0, 0.05) is 17.7 Å². The maximum Gasteiger partial charge on any atom is 0.255 e. The number of anilines is 1. The van der Waals surface area contributed by atoms with E-state index in [0.717, 1.165) is 5.56 Å². The van der Waals surface area contributed by atoms with Crippen molar-refractivity contribution in [1.82, 2.24) is 0 Å². The number of methoxy groups -OCH3 is 1. The molecule has 0 aliphatic carbocycles. The Morgan fingerprint density at radius 2 is 2.09 bits per heavy atom. The van der Waals surface area contributed by atoms with Crippen LogP contribution in [0.1, 0.15) is 22.8 Å². The zero-order valence-electron chi connectivity index (χ0n) is 12.9. The second-order valence-corrected chi connectivity index (χ2v) is 6.08. The van der Waals surface area contributed by atoms with Gasteiger partial charge < -0.3 is 14.8 Å². The van der Waals surface area contributed by atoms with Crippen molar-refractivity contribution in [3.05, 3.63) is 57.0 Å². The molecular weight excluding hydrogens is 382 g/mol. The lowest BCUT2D eigenvalue weighted by atomic mass is 10.1. The fraction of sp³-hybridized carbons (Fsp3) is 0.235. The molecule has 23 heavy (non-hydrogen) atoms. The van der Waals surface area contributed by atoms with E-state index in [9.17, 15) is 4.79 Å². The molecule has 6 heteroatoms. The minimum atomic E-state index is -0.238. The normalized spacial score (nSPS) is 10.4. The predicted molar refractivity (Wildman–Crippen MR) is 95.4 cm³/mol. The van der Waals surface area contributed by atoms with Crippen LogP contribution in [0.4, 0.5) is 5.69 Å². The summed E-state index contributed by atoms with van der Waals surface area (Å²) < 4.78 is 11.4. The summed E-state index contributed by atoms with van der Waals surface area (Å²) in [6.07, 6.45) is 0. The molecule has 0 atom stereocenters. The van der Waals surface area contributed by atoms with Gasteiger partial charge in [0.1, 0.15) is 0 Å². The molecule has 0 saturated heterocycles. The van der Waals surface area contributed by atoms with Gasteiger partial charge in [-0.3, -0.25) is 4.79 Å². The Morgan fingerprint density at radius 1 is 1.30 bits per heavy atom. The molecule has 1 amide bonds. The number of amides is 1. The van der Waals surface area contributed by atoms with Gasteiger partial charge in [0.05, 0.1) is 23.4 Å². The number of halogens is 2. The fourth-order valence-corrected chi connectivity index (χ4v) is 3.03. The maximum atomic E-state index is 12.5. The number of hydrogen-bond donors (Lipinski definition) is 1. The number of ether oxygens (including phenoxy) is 2. The summed E-state index contributed by atoms with van der Waals surface area (Å²) in [5, 5.41) is 3.35. The molecule has 2 rings (SSSR count). The van der Waals surface area contributed by atoms with Crippen molar-refractivity contribution in [2.75, 3.05) is 19.0 Å². The van der Waals surface area contributed by atoms with Gasteiger partial charge in [-0.2, -0.15) is 0 Å². The molecule has 0 aromatic heterocycles. The van der Waals surface area contributed by atoms with Crippen LogP contribution in [0.15, 0.2) is 40.9 Å². The van der Waals surface area contributed by atoms with Crippen molar-refractivity contribution >= 4 is 39.1 Å². The zero-order valence-corrected chi connectivity index (χ0v) is 15.2. The predicted octanol–water partition coefficient (Wildman–Crippen LogP) is 4.90. The average molecular weight is 399 g/mol. The second-order valence-electron chi connectivity index (χ2n) is 4.78. The summed E-state index contributed by atoms with van der Waals surface area (Å²) in [6.45, 7) is 2.81. The van der Waals surface area contributed by atoms with Crippen LogP contribution >= 0.6 is 27.5 Å². The van der Waals surface area contributed by atoms with Gasteiger partial charge in [-0.15, -0.1) is 0 Å². The van der Waals surface area contributed by atoms with E-state index in [2.05, 4.69) is 21.2 Å². The third kappa shape index (κ3) is 4.70. The van der Waals surface area contributed by atoms with Gasteiger partial charge >= 0.3 is 0 Å². The van der Waals surface area contributed by atoms with Crippen LogP contribution in [-0.2, 0) is 11.3 Å². The Kier molecular flexibility index (Phi) is 6.45. The molecule has 0 bridgehead atoms. The number of rotatable bonds is 6. The molecule has 0 fully saturated rings. The van der Waals surface area contributed by atoms with E-state index in [4.69, 9.17) is 21.1 Å². The molecule has 0 heterocycles. The topological polar surface area (TPSA) is 47.6 Å². The first kappa shape index (κ1) is 17.8. The van der Waals surface area contributed by atoms with Gasteiger partial charge in [0.25, 0.3) is 5.91 Å². The van der Waals surface area contributed by atoms with E-state index >= 15 is 0 Å². The smallest absolute Gasteiger partial charge is 0.255 e. The summed E-state index contributed by atoms with van der Waals surface area (Å²) in [7, 11) is 1.62. The Bertz CT molecular complexity index is 706. The van der Waals surface area contributed by atoms with Crippen LogP contribution in [0.5, 0.6) is 5.75 Å². The second kappa shape index (κ2) is 8.34. The highest BCUT2D eigenvalue weighted by atomic mass is 79.9. The Labute approximate surface area is 148 Å². The van der Waals surface area contributed by atoms with E-state index in [1.807, 2.05) is 19.1 Å². The van der Waals surface area contributed by atoms with Gasteiger partial charge in [-0.05, 0) is 52.7 Å². The van der Waals surface area contributed by atoms with Gasteiger partial charge in [-0.25, -0.2) is 0 Å². The first-order valence-corrected chi connectivity index (χ1v) is 8.23. The Hall–Kier alpha value is -1.56. The van der Waals surface area contributed by atoms with Crippen LogP contribution in [-0.4, -0.2) is 19.6 Å². The third-order valence-electron chi connectivity index (χ3n) is 3.05. The van der Waals surface area contributed by atoms with E-state index in [-0.39, 0.29) is 5.91 Å². The molecule has 0 unspecified atom stereocenters. The highest BCUT2D eigenvalue weighted by molar-refractivity contribution is 9.10. The lowest BCUT2D eigenvalue weighted by Crippen LogP contribution is -2.13. The highest BCUT2D eigenvalue weighted by Crippen LogP contribution is 2.36. The number of carbonyl (C=O) groups is 1. The van der Waals surface area contributed by atoms with Crippen LogP contribution in [0, 0.1) is 0 Å². The summed E-state index contributed by atoms with van der Waals surface area (Å²) >= 11 is 9.46. The molecule has 1 N–H and O–H groups in total. The van der Waals surface area contributed by atoms with E-state index in [1.54, 1.807) is 31.4 Å². The molecule has 2 aromatic carbocycles. The summed E-state index contributed by atoms with van der Waals surface area (Å²) in [4.78, 5) is 12.5. The number of hydrogen-bond acceptors (Lipinski definition) is 3. The molecule has 0 aliphatic heterocycles. The maximum absolute atomic E-state index is 12.5. The molecule has 0 spiro atoms. The molecule has 0 aliphatic rings. The molecule has 122 valence electrons. The Balaban J connectivity index is 2.28. The lowest BCUT2D eigenvalue weighted by Gasteiger charge is -2.14. The molecule has 4 nitrogen and oxygen atoms in total. The first-order valence-electron chi connectivity index (χ1n) is 7.06. The van der Waals surface area contributed by atoms with E-state index < -0.39 is 0 Å². The average Bonchev–Trinajstić information content (AvgIpc) is 2.51. The lowest BCUT2D eigenvalue weighted by molar-refractivity contribution is 0.102. The summed E-state index contributed by atoms with van der Waals surface area (Å²) in [5.41, 5.74) is 1.99. The van der Waals surface area contributed by atoms with Crippen LogP contribution in [0.2, 0.25) is 5.02 Å². The van der Waals surface area contributed by atoms with Crippen molar-refractivity contribution in [1.29, 1.82) is 0 Å². The quantitative estimate of drug-likeness (QED) is 0.753. The van der Waals surface area contributed by atoms with Gasteiger partial charge in [0.2, 0.25) is 0 Å². The van der Waals surface area contributed by atoms with Gasteiger partial charge in [-0.1, -0.05) is 23.7 Å². The molecule has 0 saturated carbocycles. The highest BCUT2D eigenvalue weighted by Gasteiger charge is 2.14. The number of carbonyl (C=O) groups excluding carboxylic acids is 1. The van der Waals surface area contributed by atoms with E-state index in [0.29, 0.717) is 39.7 Å². The SMILES string of the molecule is CCOc1c(Br)cc(Cl)cc1NC(=O)c1cccc(COC)c1. The fourth-order valence-electron chi connectivity index (χ4n) is 2.11. The van der Waals surface area contributed by atoms with Crippen molar-refractivity contribution in [2.45, 2.75) is 13.5 Å². The van der Waals surface area contributed by atoms with Crippen LogP contribution in [0.3, 0.4) is 0 Å². The zero-order chi connectivity index (χ0) is 16.8. The summed E-state index contributed by atoms with van der Waals surface area (Å²) in [5.74, 6) is 0.316. The van der Waals surface area contributed by atoms with E-state index in [1.165, 1.54) is 0 Å². The largest absolute Gasteiger partial charge is 0.491 e. The van der Waals surface area contributed by atoms with Crippen molar-refractivity contribution in [3.8, 4) is 5.75 Å². The number of nitrogens with one attached hydrogen (secondary N) is 1. The van der Waals surface area contributed by atoms with Crippen molar-refractivity contribution < 1.29 is 14.3 Å². The summed E-state index contributed by atoms with van der Waals surface area (Å²) in [6, 6.07) is 10.6. The monoisotopic (exact) mass is 397 g/mol. The van der Waals surface area contributed by atoms with Gasteiger partial charge in [0.15, 0.2) is 5.75 Å². The molecule has 0 radical (unpaired) electrons. The first-order chi connectivity index (χ1) is 11.0. The molecule has 2 aromatic rings. The molecular formula is C17H17BrClNO3. The third-order valence-corrected chi connectivity index (χ3v) is 3.85. The Morgan fingerprint density at radius 3 is 2.78 bits per heavy atom. The minimum Gasteiger partial charge on any atom is -0.491 e. The van der Waals surface area contributed by atoms with Crippen LogP contribution in [0.25, 0.3) is 0 Å².